The molecule has 0 radical (unpaired) electrons. The highest BCUT2D eigenvalue weighted by Crippen LogP contribution is 2.30. The molecule has 2 aromatic rings. The lowest BCUT2D eigenvalue weighted by Crippen LogP contribution is -2.38. The van der Waals surface area contributed by atoms with Crippen molar-refractivity contribution in [3.05, 3.63) is 51.7 Å². The molecule has 1 aliphatic heterocycles. The van der Waals surface area contributed by atoms with Crippen LogP contribution in [0.4, 0.5) is 0 Å². The predicted molar refractivity (Wildman–Crippen MR) is 97.7 cm³/mol. The van der Waals surface area contributed by atoms with Gasteiger partial charge in [-0.15, -0.1) is 11.3 Å². The van der Waals surface area contributed by atoms with Crippen molar-refractivity contribution < 1.29 is 9.53 Å². The fourth-order valence-electron chi connectivity index (χ4n) is 3.40. The van der Waals surface area contributed by atoms with Crippen LogP contribution in [0.3, 0.4) is 0 Å². The lowest BCUT2D eigenvalue weighted by Gasteiger charge is -2.19. The van der Waals surface area contributed by atoms with Crippen LogP contribution >= 0.6 is 11.3 Å². The molecule has 1 aromatic carbocycles. The van der Waals surface area contributed by atoms with E-state index in [0.717, 1.165) is 25.4 Å². The number of benzene rings is 1. The first-order valence-corrected chi connectivity index (χ1v) is 9.05. The molecule has 1 aromatic heterocycles. The number of rotatable bonds is 5. The van der Waals surface area contributed by atoms with Gasteiger partial charge >= 0.3 is 0 Å². The maximum atomic E-state index is 11.6. The number of amides is 1. The molecular formula is C19H24N2O2S. The van der Waals surface area contributed by atoms with Crippen LogP contribution in [0.15, 0.2) is 36.4 Å². The number of hydrogen-bond donors (Lipinski definition) is 1. The molecule has 0 saturated carbocycles. The molecule has 1 fully saturated rings. The van der Waals surface area contributed by atoms with E-state index in [2.05, 4.69) is 41.4 Å². The Morgan fingerprint density at radius 3 is 2.58 bits per heavy atom. The number of carbonyl (C=O) groups excluding carboxylic acids is 1. The summed E-state index contributed by atoms with van der Waals surface area (Å²) in [5, 5.41) is 3.13. The Labute approximate surface area is 147 Å². The van der Waals surface area contributed by atoms with Crippen molar-refractivity contribution in [2.75, 3.05) is 20.2 Å². The number of likely N-dealkylation sites (tertiary alicyclic amines) is 1. The number of hydrogen-bond acceptors (Lipinski definition) is 4. The second kappa shape index (κ2) is 7.36. The smallest absolute Gasteiger partial charge is 0.217 e. The van der Waals surface area contributed by atoms with Gasteiger partial charge in [-0.25, -0.2) is 0 Å². The zero-order valence-corrected chi connectivity index (χ0v) is 15.2. The Balaban J connectivity index is 1.75. The first-order valence-electron chi connectivity index (χ1n) is 8.24. The number of carbonyl (C=O) groups is 1. The third kappa shape index (κ3) is 3.97. The molecule has 1 N–H and O–H groups in total. The van der Waals surface area contributed by atoms with Crippen molar-refractivity contribution in [1.29, 1.82) is 0 Å². The normalized spacial score (nSPS) is 21.0. The summed E-state index contributed by atoms with van der Waals surface area (Å²) in [5.41, 5.74) is 1.25. The third-order valence-corrected chi connectivity index (χ3v) is 5.49. The lowest BCUT2D eigenvalue weighted by molar-refractivity contribution is -0.119. The van der Waals surface area contributed by atoms with E-state index in [0.29, 0.717) is 5.92 Å². The van der Waals surface area contributed by atoms with Gasteiger partial charge in [0, 0.05) is 48.3 Å². The first kappa shape index (κ1) is 17.0. The van der Waals surface area contributed by atoms with Gasteiger partial charge in [0.1, 0.15) is 5.75 Å². The molecule has 1 saturated heterocycles. The molecule has 24 heavy (non-hydrogen) atoms. The fraction of sp³-hybridized carbons (Fsp3) is 0.421. The summed E-state index contributed by atoms with van der Waals surface area (Å²) in [7, 11) is 1.68. The van der Waals surface area contributed by atoms with Crippen LogP contribution in [0.2, 0.25) is 0 Å². The lowest BCUT2D eigenvalue weighted by atomic mass is 9.94. The number of nitrogens with zero attached hydrogens (tertiary/aromatic N) is 1. The van der Waals surface area contributed by atoms with Crippen LogP contribution in [0, 0.1) is 6.92 Å². The average Bonchev–Trinajstić information content (AvgIpc) is 3.13. The summed E-state index contributed by atoms with van der Waals surface area (Å²) < 4.78 is 5.25. The van der Waals surface area contributed by atoms with E-state index in [1.54, 1.807) is 14.0 Å². The van der Waals surface area contributed by atoms with Gasteiger partial charge in [-0.3, -0.25) is 9.69 Å². The summed E-state index contributed by atoms with van der Waals surface area (Å²) in [6.07, 6.45) is 0. The molecule has 1 aliphatic rings. The second-order valence-electron chi connectivity index (χ2n) is 6.39. The number of nitrogens with one attached hydrogen (secondary N) is 1. The van der Waals surface area contributed by atoms with Crippen molar-refractivity contribution in [2.24, 2.45) is 0 Å². The van der Waals surface area contributed by atoms with Gasteiger partial charge < -0.3 is 10.1 Å². The second-order valence-corrected chi connectivity index (χ2v) is 7.77. The minimum Gasteiger partial charge on any atom is -0.497 e. The highest BCUT2D eigenvalue weighted by Gasteiger charge is 2.34. The van der Waals surface area contributed by atoms with Gasteiger partial charge in [-0.1, -0.05) is 12.1 Å². The Bertz CT molecular complexity index is 696. The summed E-state index contributed by atoms with van der Waals surface area (Å²) in [4.78, 5) is 16.8. The molecule has 128 valence electrons. The average molecular weight is 344 g/mol. The summed E-state index contributed by atoms with van der Waals surface area (Å²) in [5.74, 6) is 1.20. The van der Waals surface area contributed by atoms with Crippen LogP contribution < -0.4 is 10.1 Å². The van der Waals surface area contributed by atoms with Crippen molar-refractivity contribution in [3.8, 4) is 5.75 Å². The van der Waals surface area contributed by atoms with E-state index in [1.165, 1.54) is 15.3 Å². The van der Waals surface area contributed by atoms with E-state index >= 15 is 0 Å². The molecule has 5 heteroatoms. The van der Waals surface area contributed by atoms with E-state index in [4.69, 9.17) is 4.74 Å². The van der Waals surface area contributed by atoms with E-state index in [1.807, 2.05) is 23.5 Å². The van der Waals surface area contributed by atoms with Crippen LogP contribution in [-0.2, 0) is 11.3 Å². The fourth-order valence-corrected chi connectivity index (χ4v) is 4.33. The molecule has 2 heterocycles. The molecule has 0 unspecified atom stereocenters. The number of thiophene rings is 1. The molecule has 3 rings (SSSR count). The van der Waals surface area contributed by atoms with Gasteiger partial charge in [-0.05, 0) is 36.8 Å². The SMILES string of the molecule is COc1ccc([C@H]2CN(Cc3ccc(C)s3)C[C@@H]2NC(C)=O)cc1. The van der Waals surface area contributed by atoms with Crippen molar-refractivity contribution in [2.45, 2.75) is 32.4 Å². The van der Waals surface area contributed by atoms with Crippen LogP contribution in [-0.4, -0.2) is 37.0 Å². The summed E-state index contributed by atoms with van der Waals surface area (Å²) >= 11 is 1.85. The van der Waals surface area contributed by atoms with Crippen molar-refractivity contribution >= 4 is 17.2 Å². The molecule has 2 atom stereocenters. The zero-order chi connectivity index (χ0) is 17.1. The van der Waals surface area contributed by atoms with Gasteiger partial charge in [0.2, 0.25) is 5.91 Å². The summed E-state index contributed by atoms with van der Waals surface area (Å²) in [6.45, 7) is 6.51. The minimum atomic E-state index is 0.0346. The van der Waals surface area contributed by atoms with E-state index in [-0.39, 0.29) is 11.9 Å². The standard InChI is InChI=1S/C19H24N2O2S/c1-13-4-9-17(24-13)10-21-11-18(19(12-21)20-14(2)22)15-5-7-16(23-3)8-6-15/h4-9,18-19H,10-12H2,1-3H3,(H,20,22)/t18-,19+/m1/s1. The number of methoxy groups -OCH3 is 1. The molecule has 0 aliphatic carbocycles. The highest BCUT2D eigenvalue weighted by atomic mass is 32.1. The molecule has 0 spiro atoms. The topological polar surface area (TPSA) is 41.6 Å². The number of aryl methyl sites for hydroxylation is 1. The molecular weight excluding hydrogens is 320 g/mol. The van der Waals surface area contributed by atoms with E-state index in [9.17, 15) is 4.79 Å². The maximum Gasteiger partial charge on any atom is 0.217 e. The van der Waals surface area contributed by atoms with Crippen molar-refractivity contribution in [1.82, 2.24) is 10.2 Å². The van der Waals surface area contributed by atoms with Crippen LogP contribution in [0.1, 0.15) is 28.2 Å². The Hall–Kier alpha value is -1.85. The molecule has 0 bridgehead atoms. The van der Waals surface area contributed by atoms with E-state index < -0.39 is 0 Å². The first-order chi connectivity index (χ1) is 11.5. The monoisotopic (exact) mass is 344 g/mol. The third-order valence-electron chi connectivity index (χ3n) is 4.50. The predicted octanol–water partition coefficient (Wildman–Crippen LogP) is 3.17. The van der Waals surface area contributed by atoms with Gasteiger partial charge in [0.05, 0.1) is 7.11 Å². The minimum absolute atomic E-state index is 0.0346. The Morgan fingerprint density at radius 2 is 2.00 bits per heavy atom. The zero-order valence-electron chi connectivity index (χ0n) is 14.4. The largest absolute Gasteiger partial charge is 0.497 e. The summed E-state index contributed by atoms with van der Waals surface area (Å²) in [6, 6.07) is 12.7. The highest BCUT2D eigenvalue weighted by molar-refractivity contribution is 7.11. The molecule has 4 nitrogen and oxygen atoms in total. The van der Waals surface area contributed by atoms with Crippen molar-refractivity contribution in [3.63, 3.8) is 0 Å². The number of ether oxygens (including phenoxy) is 1. The van der Waals surface area contributed by atoms with Gasteiger partial charge in [0.15, 0.2) is 0 Å². The Kier molecular flexibility index (Phi) is 5.21. The quantitative estimate of drug-likeness (QED) is 0.906. The maximum absolute atomic E-state index is 11.6. The Morgan fingerprint density at radius 1 is 1.25 bits per heavy atom. The van der Waals surface area contributed by atoms with Gasteiger partial charge in [-0.2, -0.15) is 0 Å². The molecule has 1 amide bonds. The van der Waals surface area contributed by atoms with Gasteiger partial charge in [0.25, 0.3) is 0 Å². The van der Waals surface area contributed by atoms with Crippen LogP contribution in [0.5, 0.6) is 5.75 Å². The van der Waals surface area contributed by atoms with Crippen LogP contribution in [0.25, 0.3) is 0 Å².